The summed E-state index contributed by atoms with van der Waals surface area (Å²) in [6.07, 6.45) is 1.13. The van der Waals surface area contributed by atoms with Gasteiger partial charge in [0.25, 0.3) is 5.91 Å². The van der Waals surface area contributed by atoms with Gasteiger partial charge < -0.3 is 4.90 Å². The molecule has 120 valence electrons. The van der Waals surface area contributed by atoms with Crippen LogP contribution in [0.4, 0.5) is 0 Å². The van der Waals surface area contributed by atoms with E-state index in [1.54, 1.807) is 12.1 Å². The van der Waals surface area contributed by atoms with Gasteiger partial charge in [-0.15, -0.1) is 11.3 Å². The molecule has 4 rings (SSSR count). The zero-order valence-electron chi connectivity index (χ0n) is 12.5. The Morgan fingerprint density at radius 2 is 2.13 bits per heavy atom. The first-order valence-corrected chi connectivity index (χ1v) is 9.70. The van der Waals surface area contributed by atoms with E-state index in [4.69, 9.17) is 11.6 Å². The molecule has 1 saturated heterocycles. The summed E-state index contributed by atoms with van der Waals surface area (Å²) in [6, 6.07) is 8.12. The lowest BCUT2D eigenvalue weighted by atomic mass is 10.0. The number of likely N-dealkylation sites (tertiary alicyclic amines) is 1. The first-order valence-electron chi connectivity index (χ1n) is 7.65. The van der Waals surface area contributed by atoms with Crippen LogP contribution in [0.25, 0.3) is 0 Å². The van der Waals surface area contributed by atoms with Gasteiger partial charge in [0.1, 0.15) is 0 Å². The minimum Gasteiger partial charge on any atom is -0.335 e. The molecule has 0 radical (unpaired) electrons. The van der Waals surface area contributed by atoms with Crippen LogP contribution >= 0.6 is 38.9 Å². The number of carbonyl (C=O) groups excluding carboxylic acids is 1. The number of fused-ring (bicyclic) bond motifs is 1. The van der Waals surface area contributed by atoms with Crippen LogP contribution in [0.3, 0.4) is 0 Å². The van der Waals surface area contributed by atoms with E-state index in [9.17, 15) is 4.79 Å². The van der Waals surface area contributed by atoms with Crippen LogP contribution in [0, 0.1) is 0 Å². The van der Waals surface area contributed by atoms with Gasteiger partial charge in [-0.05, 0) is 41.6 Å². The van der Waals surface area contributed by atoms with Crippen molar-refractivity contribution in [2.75, 3.05) is 19.6 Å². The number of amides is 1. The molecular formula is C17H16BrClN2OS. The lowest BCUT2D eigenvalue weighted by Gasteiger charge is -2.46. The van der Waals surface area contributed by atoms with Crippen LogP contribution in [0.1, 0.15) is 20.8 Å². The van der Waals surface area contributed by atoms with E-state index >= 15 is 0 Å². The normalized spacial score (nSPS) is 18.6. The monoisotopic (exact) mass is 410 g/mol. The van der Waals surface area contributed by atoms with Crippen LogP contribution in [-0.4, -0.2) is 41.4 Å². The molecule has 0 atom stereocenters. The van der Waals surface area contributed by atoms with Crippen molar-refractivity contribution in [1.82, 2.24) is 9.80 Å². The van der Waals surface area contributed by atoms with Gasteiger partial charge in [-0.25, -0.2) is 0 Å². The van der Waals surface area contributed by atoms with Crippen molar-refractivity contribution in [3.63, 3.8) is 0 Å². The lowest BCUT2D eigenvalue weighted by molar-refractivity contribution is 0.0221. The van der Waals surface area contributed by atoms with Crippen molar-refractivity contribution in [2.45, 2.75) is 19.0 Å². The van der Waals surface area contributed by atoms with E-state index in [2.05, 4.69) is 32.3 Å². The molecule has 6 heteroatoms. The predicted molar refractivity (Wildman–Crippen MR) is 97.3 cm³/mol. The number of hydrogen-bond donors (Lipinski definition) is 0. The summed E-state index contributed by atoms with van der Waals surface area (Å²) in [6.45, 7) is 3.70. The summed E-state index contributed by atoms with van der Waals surface area (Å²) in [7, 11) is 0. The molecule has 0 aliphatic carbocycles. The van der Waals surface area contributed by atoms with E-state index in [-0.39, 0.29) is 5.91 Å². The Hall–Kier alpha value is -0.880. The highest BCUT2D eigenvalue weighted by atomic mass is 79.9. The van der Waals surface area contributed by atoms with Crippen molar-refractivity contribution in [3.05, 3.63) is 55.1 Å². The SMILES string of the molecule is O=C(c1cc(Br)ccc1Cl)N1CC(N2CCc3sccc3C2)C1. The maximum absolute atomic E-state index is 12.6. The van der Waals surface area contributed by atoms with Crippen molar-refractivity contribution in [2.24, 2.45) is 0 Å². The van der Waals surface area contributed by atoms with Crippen LogP contribution in [0.15, 0.2) is 34.1 Å². The summed E-state index contributed by atoms with van der Waals surface area (Å²) in [5.74, 6) is 0.0285. The highest BCUT2D eigenvalue weighted by molar-refractivity contribution is 9.10. The smallest absolute Gasteiger partial charge is 0.255 e. The molecule has 23 heavy (non-hydrogen) atoms. The number of carbonyl (C=O) groups is 1. The lowest BCUT2D eigenvalue weighted by Crippen LogP contribution is -2.61. The summed E-state index contributed by atoms with van der Waals surface area (Å²) >= 11 is 11.4. The van der Waals surface area contributed by atoms with Crippen LogP contribution in [0.5, 0.6) is 0 Å². The Bertz CT molecular complexity index is 757. The van der Waals surface area contributed by atoms with Gasteiger partial charge in [0.05, 0.1) is 10.6 Å². The second-order valence-electron chi connectivity index (χ2n) is 6.08. The molecule has 0 bridgehead atoms. The van der Waals surface area contributed by atoms with Crippen molar-refractivity contribution < 1.29 is 4.79 Å². The highest BCUT2D eigenvalue weighted by Gasteiger charge is 2.37. The Labute approximate surface area is 153 Å². The van der Waals surface area contributed by atoms with E-state index in [1.807, 2.05) is 22.3 Å². The first kappa shape index (κ1) is 15.6. The maximum Gasteiger partial charge on any atom is 0.255 e. The molecule has 0 spiro atoms. The topological polar surface area (TPSA) is 23.6 Å². The molecule has 0 unspecified atom stereocenters. The van der Waals surface area contributed by atoms with Gasteiger partial charge in [-0.2, -0.15) is 0 Å². The zero-order valence-corrected chi connectivity index (χ0v) is 15.6. The fraction of sp³-hybridized carbons (Fsp3) is 0.353. The quantitative estimate of drug-likeness (QED) is 0.744. The van der Waals surface area contributed by atoms with Gasteiger partial charge in [-0.3, -0.25) is 9.69 Å². The van der Waals surface area contributed by atoms with Crippen LogP contribution in [0.2, 0.25) is 5.02 Å². The summed E-state index contributed by atoms with van der Waals surface area (Å²) in [5.41, 5.74) is 2.04. The molecule has 1 amide bonds. The fourth-order valence-corrected chi connectivity index (χ4v) is 4.71. The highest BCUT2D eigenvalue weighted by Crippen LogP contribution is 2.29. The standard InChI is InChI=1S/C17H16BrClN2OS/c18-12-1-2-15(19)14(7-12)17(22)21-9-13(10-21)20-5-3-16-11(8-20)4-6-23-16/h1-2,4,6-7,13H,3,5,8-10H2. The Kier molecular flexibility index (Phi) is 4.22. The molecule has 2 aliphatic heterocycles. The molecule has 3 nitrogen and oxygen atoms in total. The molecule has 2 aromatic rings. The van der Waals surface area contributed by atoms with Gasteiger partial charge >= 0.3 is 0 Å². The van der Waals surface area contributed by atoms with Gasteiger partial charge in [-0.1, -0.05) is 27.5 Å². The number of halogens is 2. The number of nitrogens with zero attached hydrogens (tertiary/aromatic N) is 2. The van der Waals surface area contributed by atoms with Crippen molar-refractivity contribution in [3.8, 4) is 0 Å². The van der Waals surface area contributed by atoms with E-state index < -0.39 is 0 Å². The molecule has 2 aliphatic rings. The van der Waals surface area contributed by atoms with E-state index in [1.165, 1.54) is 10.4 Å². The minimum atomic E-state index is 0.0285. The second kappa shape index (κ2) is 6.20. The molecule has 0 saturated carbocycles. The molecule has 1 aromatic heterocycles. The van der Waals surface area contributed by atoms with Crippen molar-refractivity contribution >= 4 is 44.8 Å². The molecule has 0 N–H and O–H groups in total. The average molecular weight is 412 g/mol. The minimum absolute atomic E-state index is 0.0285. The van der Waals surface area contributed by atoms with Gasteiger partial charge in [0.15, 0.2) is 0 Å². The van der Waals surface area contributed by atoms with Gasteiger partial charge in [0, 0.05) is 41.6 Å². The molecule has 1 aromatic carbocycles. The molecular weight excluding hydrogens is 396 g/mol. The summed E-state index contributed by atoms with van der Waals surface area (Å²) in [4.78, 5) is 18.5. The maximum atomic E-state index is 12.6. The number of hydrogen-bond acceptors (Lipinski definition) is 3. The predicted octanol–water partition coefficient (Wildman–Crippen LogP) is 4.05. The number of rotatable bonds is 2. The van der Waals surface area contributed by atoms with E-state index in [0.717, 1.165) is 37.1 Å². The Morgan fingerprint density at radius 1 is 1.30 bits per heavy atom. The number of benzene rings is 1. The third-order valence-corrected chi connectivity index (χ3v) is 6.51. The van der Waals surface area contributed by atoms with Crippen LogP contribution < -0.4 is 0 Å². The second-order valence-corrected chi connectivity index (χ2v) is 8.40. The summed E-state index contributed by atoms with van der Waals surface area (Å²) in [5, 5.41) is 2.70. The third-order valence-electron chi connectivity index (χ3n) is 4.66. The Morgan fingerprint density at radius 3 is 2.96 bits per heavy atom. The largest absolute Gasteiger partial charge is 0.335 e. The van der Waals surface area contributed by atoms with Crippen LogP contribution in [-0.2, 0) is 13.0 Å². The average Bonchev–Trinajstić information content (AvgIpc) is 2.95. The number of thiophene rings is 1. The molecule has 1 fully saturated rings. The van der Waals surface area contributed by atoms with Crippen molar-refractivity contribution in [1.29, 1.82) is 0 Å². The zero-order chi connectivity index (χ0) is 16.0. The Balaban J connectivity index is 1.40. The van der Waals surface area contributed by atoms with E-state index in [0.29, 0.717) is 16.6 Å². The first-order chi connectivity index (χ1) is 11.1. The fourth-order valence-electron chi connectivity index (χ4n) is 3.27. The van der Waals surface area contributed by atoms with Gasteiger partial charge in [0.2, 0.25) is 0 Å². The summed E-state index contributed by atoms with van der Waals surface area (Å²) < 4.78 is 0.878. The molecule has 3 heterocycles. The third kappa shape index (κ3) is 2.95.